The highest BCUT2D eigenvalue weighted by atomic mass is 35.5. The smallest absolute Gasteiger partial charge is 0.416 e. The van der Waals surface area contributed by atoms with Gasteiger partial charge < -0.3 is 34.7 Å². The fraction of sp³-hybridized carbons (Fsp3) is 0.344. The fourth-order valence-electron chi connectivity index (χ4n) is 5.25. The molecule has 0 spiro atoms. The minimum absolute atomic E-state index is 0.00500. The van der Waals surface area contributed by atoms with Gasteiger partial charge in [0.1, 0.15) is 18.6 Å². The molecule has 0 bridgehead atoms. The summed E-state index contributed by atoms with van der Waals surface area (Å²) in [7, 11) is 1.92. The number of imidazole rings is 1. The summed E-state index contributed by atoms with van der Waals surface area (Å²) in [5.41, 5.74) is 3.32. The molecule has 1 aromatic heterocycles. The molecule has 0 amide bonds. The Morgan fingerprint density at radius 2 is 1.54 bits per heavy atom. The number of rotatable bonds is 12. The molecule has 1 atom stereocenters. The number of aryl methyl sites for hydroxylation is 1. The van der Waals surface area contributed by atoms with E-state index in [9.17, 15) is 28.4 Å². The predicted octanol–water partition coefficient (Wildman–Crippen LogP) is 6.26. The molecule has 1 aliphatic rings. The van der Waals surface area contributed by atoms with Crippen LogP contribution in [0.4, 0.5) is 36.1 Å². The average Bonchev–Trinajstić information content (AvgIpc) is 3.43. The topological polar surface area (TPSA) is 100 Å². The summed E-state index contributed by atoms with van der Waals surface area (Å²) in [5.74, 6) is 0.287. The zero-order valence-corrected chi connectivity index (χ0v) is 25.9. The Labute approximate surface area is 269 Å². The summed E-state index contributed by atoms with van der Waals surface area (Å²) in [6.45, 7) is 4.19. The van der Waals surface area contributed by atoms with Crippen molar-refractivity contribution in [3.8, 4) is 5.75 Å². The van der Waals surface area contributed by atoms with Gasteiger partial charge >= 0.3 is 17.3 Å². The second-order valence-electron chi connectivity index (χ2n) is 11.1. The summed E-state index contributed by atoms with van der Waals surface area (Å²) in [6, 6.07) is 21.2. The van der Waals surface area contributed by atoms with Gasteiger partial charge in [-0.15, -0.1) is 0 Å². The monoisotopic (exact) mass is 658 g/mol. The van der Waals surface area contributed by atoms with Crippen LogP contribution in [0.1, 0.15) is 17.5 Å². The predicted molar refractivity (Wildman–Crippen MR) is 171 cm³/mol. The third-order valence-electron chi connectivity index (χ3n) is 7.89. The van der Waals surface area contributed by atoms with Crippen molar-refractivity contribution >= 4 is 34.5 Å². The van der Waals surface area contributed by atoms with Crippen molar-refractivity contribution in [1.82, 2.24) is 9.55 Å². The van der Waals surface area contributed by atoms with E-state index in [1.165, 1.54) is 22.9 Å². The number of hydrogen-bond donors (Lipinski definition) is 1. The molecule has 5 rings (SSSR count). The molecule has 0 radical (unpaired) electrons. The van der Waals surface area contributed by atoms with Gasteiger partial charge in [0.15, 0.2) is 0 Å². The number of piperazine rings is 1. The highest BCUT2D eigenvalue weighted by Crippen LogP contribution is 2.30. The van der Waals surface area contributed by atoms with E-state index >= 15 is 0 Å². The molecule has 1 saturated heterocycles. The van der Waals surface area contributed by atoms with Crippen LogP contribution < -0.4 is 19.4 Å². The minimum atomic E-state index is -4.34. The first kappa shape index (κ1) is 32.9. The molecule has 0 saturated carbocycles. The van der Waals surface area contributed by atoms with E-state index in [0.717, 1.165) is 60.9 Å². The van der Waals surface area contributed by atoms with Gasteiger partial charge in [0.05, 0.1) is 11.7 Å². The molecule has 244 valence electrons. The highest BCUT2D eigenvalue weighted by molar-refractivity contribution is 6.28. The van der Waals surface area contributed by atoms with Gasteiger partial charge in [0, 0.05) is 63.4 Å². The summed E-state index contributed by atoms with van der Waals surface area (Å²) < 4.78 is 45.7. The summed E-state index contributed by atoms with van der Waals surface area (Å²) in [6.07, 6.45) is -3.60. The van der Waals surface area contributed by atoms with Crippen LogP contribution in [0.2, 0.25) is 5.28 Å². The molecule has 0 aliphatic carbocycles. The number of halogens is 4. The largest absolute Gasteiger partial charge is 0.491 e. The number of alkyl halides is 3. The lowest BCUT2D eigenvalue weighted by Gasteiger charge is -2.37. The lowest BCUT2D eigenvalue weighted by Crippen LogP contribution is -2.46. The Hall–Kier alpha value is -4.49. The first-order valence-corrected chi connectivity index (χ1v) is 15.1. The number of nitrogens with zero attached hydrogens (tertiary/aromatic N) is 6. The van der Waals surface area contributed by atoms with Gasteiger partial charge in [0.2, 0.25) is 0 Å². The molecule has 1 fully saturated rings. The summed E-state index contributed by atoms with van der Waals surface area (Å²) >= 11 is 5.92. The summed E-state index contributed by atoms with van der Waals surface area (Å²) in [5, 5.41) is 21.1. The van der Waals surface area contributed by atoms with Crippen molar-refractivity contribution < 1.29 is 27.9 Å². The van der Waals surface area contributed by atoms with Crippen LogP contribution in [0.3, 0.4) is 0 Å². The molecular weight excluding hydrogens is 625 g/mol. The first-order valence-electron chi connectivity index (χ1n) is 14.7. The van der Waals surface area contributed by atoms with Gasteiger partial charge in [0.25, 0.3) is 0 Å². The Balaban J connectivity index is 1.05. The number of aliphatic hydroxyl groups excluding tert-OH is 1. The van der Waals surface area contributed by atoms with Crippen LogP contribution in [0, 0.1) is 10.1 Å². The zero-order valence-electron chi connectivity index (χ0n) is 25.1. The third-order valence-corrected chi connectivity index (χ3v) is 8.19. The van der Waals surface area contributed by atoms with Crippen LogP contribution in [0.5, 0.6) is 5.75 Å². The van der Waals surface area contributed by atoms with Crippen molar-refractivity contribution in [2.24, 2.45) is 0 Å². The maximum Gasteiger partial charge on any atom is 0.416 e. The zero-order chi connectivity index (χ0) is 32.8. The van der Waals surface area contributed by atoms with Crippen molar-refractivity contribution in [2.45, 2.75) is 31.8 Å². The Morgan fingerprint density at radius 3 is 2.07 bits per heavy atom. The quantitative estimate of drug-likeness (QED) is 0.141. The minimum Gasteiger partial charge on any atom is -0.491 e. The third kappa shape index (κ3) is 8.40. The van der Waals surface area contributed by atoms with Crippen LogP contribution in [0.25, 0.3) is 0 Å². The number of hydrogen-bond acceptors (Lipinski definition) is 8. The number of anilines is 3. The van der Waals surface area contributed by atoms with E-state index in [1.54, 1.807) is 0 Å². The normalized spacial score (nSPS) is 14.3. The van der Waals surface area contributed by atoms with E-state index < -0.39 is 22.8 Å². The first-order chi connectivity index (χ1) is 22.0. The van der Waals surface area contributed by atoms with Crippen LogP contribution in [0.15, 0.2) is 79.0 Å². The number of benzene rings is 3. The number of aromatic nitrogens is 2. The number of aliphatic hydroxyl groups is 1. The molecule has 4 aromatic rings. The average molecular weight is 659 g/mol. The molecule has 14 heteroatoms. The van der Waals surface area contributed by atoms with E-state index in [-0.39, 0.29) is 30.7 Å². The van der Waals surface area contributed by atoms with Gasteiger partial charge in [-0.2, -0.15) is 13.2 Å². The standard InChI is InChI=1S/C32H34ClF3N6O4/c1-38(20-23-2-4-24(5-3-23)32(34,35)36)25-6-8-26(9-7-25)39-16-18-40(19-17-39)27-10-12-29(13-11-27)46-22-28(43)14-15-41-21-30(42(44)45)37-31(41)33/h2-13,21,28,43H,14-20,22H2,1H3. The van der Waals surface area contributed by atoms with Crippen molar-refractivity contribution in [1.29, 1.82) is 0 Å². The second-order valence-corrected chi connectivity index (χ2v) is 11.4. The molecule has 1 unspecified atom stereocenters. The Bertz CT molecular complexity index is 1590. The molecule has 10 nitrogen and oxygen atoms in total. The van der Waals surface area contributed by atoms with Crippen LogP contribution in [-0.4, -0.2) is 65.5 Å². The second kappa shape index (κ2) is 14.3. The highest BCUT2D eigenvalue weighted by Gasteiger charge is 2.30. The Kier molecular flexibility index (Phi) is 10.2. The molecule has 46 heavy (non-hydrogen) atoms. The van der Waals surface area contributed by atoms with E-state index in [2.05, 4.69) is 26.9 Å². The molecule has 1 aliphatic heterocycles. The molecule has 1 N–H and O–H groups in total. The van der Waals surface area contributed by atoms with E-state index in [1.807, 2.05) is 48.3 Å². The molecule has 3 aromatic carbocycles. The maximum absolute atomic E-state index is 12.8. The van der Waals surface area contributed by atoms with Crippen molar-refractivity contribution in [3.63, 3.8) is 0 Å². The van der Waals surface area contributed by atoms with Crippen molar-refractivity contribution in [3.05, 3.63) is 106 Å². The van der Waals surface area contributed by atoms with Crippen LogP contribution >= 0.6 is 11.6 Å². The van der Waals surface area contributed by atoms with Gasteiger partial charge in [-0.25, -0.2) is 0 Å². The lowest BCUT2D eigenvalue weighted by atomic mass is 10.1. The molecule has 2 heterocycles. The van der Waals surface area contributed by atoms with Gasteiger partial charge in [-0.05, 0) is 94.2 Å². The van der Waals surface area contributed by atoms with Gasteiger partial charge in [-0.3, -0.25) is 4.57 Å². The fourth-order valence-corrected chi connectivity index (χ4v) is 5.47. The molecular formula is C32H34ClF3N6O4. The summed E-state index contributed by atoms with van der Waals surface area (Å²) in [4.78, 5) is 20.5. The lowest BCUT2D eigenvalue weighted by molar-refractivity contribution is -0.389. The SMILES string of the molecule is CN(Cc1ccc(C(F)(F)F)cc1)c1ccc(N2CCN(c3ccc(OCC(O)CCn4cc([N+](=O)[O-])nc4Cl)cc3)CC2)cc1. The Morgan fingerprint density at radius 1 is 0.978 bits per heavy atom. The maximum atomic E-state index is 12.8. The van der Waals surface area contributed by atoms with Gasteiger partial charge in [-0.1, -0.05) is 12.1 Å². The number of ether oxygens (including phenoxy) is 1. The van der Waals surface area contributed by atoms with E-state index in [4.69, 9.17) is 16.3 Å². The van der Waals surface area contributed by atoms with E-state index in [0.29, 0.717) is 12.3 Å². The number of nitro groups is 1. The van der Waals surface area contributed by atoms with Crippen LogP contribution in [-0.2, 0) is 19.3 Å². The van der Waals surface area contributed by atoms with Crippen molar-refractivity contribution in [2.75, 3.05) is 54.5 Å².